The van der Waals surface area contributed by atoms with E-state index in [4.69, 9.17) is 4.74 Å². The van der Waals surface area contributed by atoms with Crippen LogP contribution in [0.2, 0.25) is 0 Å². The first-order valence-electron chi connectivity index (χ1n) is 5.49. The molecule has 1 aromatic carbocycles. The number of carbonyl (C=O) groups excluding carboxylic acids is 2. The lowest BCUT2D eigenvalue weighted by molar-refractivity contribution is -0.137. The van der Waals surface area contributed by atoms with Gasteiger partial charge in [0.15, 0.2) is 0 Å². The molecule has 90 valence electrons. The minimum atomic E-state index is -0.335. The van der Waals surface area contributed by atoms with E-state index in [1.807, 2.05) is 25.1 Å². The number of ether oxygens (including phenoxy) is 1. The second-order valence-corrected chi connectivity index (χ2v) is 4.27. The molecule has 1 saturated heterocycles. The van der Waals surface area contributed by atoms with E-state index >= 15 is 0 Å². The van der Waals surface area contributed by atoms with Crippen LogP contribution >= 0.6 is 0 Å². The third-order valence-electron chi connectivity index (χ3n) is 3.23. The van der Waals surface area contributed by atoms with E-state index in [1.165, 1.54) is 11.9 Å². The van der Waals surface area contributed by atoms with Crippen LogP contribution in [0.4, 0.5) is 0 Å². The predicted octanol–water partition coefficient (Wildman–Crippen LogP) is 1.48. The summed E-state index contributed by atoms with van der Waals surface area (Å²) in [5.41, 5.74) is 1.89. The number of likely N-dealkylation sites (tertiary alicyclic amines) is 1. The summed E-state index contributed by atoms with van der Waals surface area (Å²) in [6.07, 6.45) is 0.266. The highest BCUT2D eigenvalue weighted by Gasteiger charge is 2.37. The number of amides is 2. The largest absolute Gasteiger partial charge is 0.497 e. The van der Waals surface area contributed by atoms with Gasteiger partial charge in [-0.3, -0.25) is 14.5 Å². The first kappa shape index (κ1) is 11.6. The van der Waals surface area contributed by atoms with Gasteiger partial charge in [0, 0.05) is 13.5 Å². The maximum atomic E-state index is 11.9. The minimum absolute atomic E-state index is 0.116. The van der Waals surface area contributed by atoms with Crippen molar-refractivity contribution in [1.29, 1.82) is 0 Å². The summed E-state index contributed by atoms with van der Waals surface area (Å²) < 4.78 is 5.12. The lowest BCUT2D eigenvalue weighted by Gasteiger charge is -2.13. The highest BCUT2D eigenvalue weighted by molar-refractivity contribution is 6.06. The topological polar surface area (TPSA) is 46.6 Å². The lowest BCUT2D eigenvalue weighted by Crippen LogP contribution is -2.25. The fourth-order valence-corrected chi connectivity index (χ4v) is 2.16. The Hall–Kier alpha value is -1.84. The number of carbonyl (C=O) groups is 2. The van der Waals surface area contributed by atoms with Gasteiger partial charge in [0.1, 0.15) is 5.75 Å². The van der Waals surface area contributed by atoms with E-state index in [1.54, 1.807) is 7.11 Å². The molecule has 1 aliphatic rings. The molecular formula is C13H15NO3. The maximum absolute atomic E-state index is 11.9. The van der Waals surface area contributed by atoms with Gasteiger partial charge in [0.2, 0.25) is 11.8 Å². The Kier molecular flexibility index (Phi) is 2.88. The number of benzene rings is 1. The molecule has 1 fully saturated rings. The van der Waals surface area contributed by atoms with Crippen molar-refractivity contribution >= 4 is 11.8 Å². The van der Waals surface area contributed by atoms with Crippen molar-refractivity contribution in [3.8, 4) is 5.75 Å². The van der Waals surface area contributed by atoms with Crippen LogP contribution in [0.15, 0.2) is 18.2 Å². The number of likely N-dealkylation sites (N-methyl/N-ethyl adjacent to an activating group) is 1. The molecular weight excluding hydrogens is 218 g/mol. The van der Waals surface area contributed by atoms with Crippen LogP contribution < -0.4 is 4.74 Å². The average Bonchev–Trinajstić information content (AvgIpc) is 2.57. The van der Waals surface area contributed by atoms with Crippen LogP contribution in [-0.4, -0.2) is 30.9 Å². The van der Waals surface area contributed by atoms with Crippen molar-refractivity contribution in [2.24, 2.45) is 0 Å². The summed E-state index contributed by atoms with van der Waals surface area (Å²) in [4.78, 5) is 24.6. The number of imide groups is 1. The van der Waals surface area contributed by atoms with Crippen LogP contribution in [0.25, 0.3) is 0 Å². The summed E-state index contributed by atoms with van der Waals surface area (Å²) in [6, 6.07) is 5.56. The summed E-state index contributed by atoms with van der Waals surface area (Å²) >= 11 is 0. The molecule has 4 nitrogen and oxygen atoms in total. The van der Waals surface area contributed by atoms with Gasteiger partial charge in [0.05, 0.1) is 13.0 Å². The van der Waals surface area contributed by atoms with Crippen LogP contribution in [0, 0.1) is 6.92 Å². The number of nitrogens with zero attached hydrogens (tertiary/aromatic N) is 1. The molecule has 0 spiro atoms. The van der Waals surface area contributed by atoms with Gasteiger partial charge in [-0.15, -0.1) is 0 Å². The zero-order chi connectivity index (χ0) is 12.6. The average molecular weight is 233 g/mol. The van der Waals surface area contributed by atoms with E-state index in [0.29, 0.717) is 0 Å². The summed E-state index contributed by atoms with van der Waals surface area (Å²) in [5, 5.41) is 0. The molecule has 1 unspecified atom stereocenters. The van der Waals surface area contributed by atoms with Gasteiger partial charge in [-0.25, -0.2) is 0 Å². The fourth-order valence-electron chi connectivity index (χ4n) is 2.16. The van der Waals surface area contributed by atoms with Crippen molar-refractivity contribution in [1.82, 2.24) is 4.90 Å². The monoisotopic (exact) mass is 233 g/mol. The second kappa shape index (κ2) is 4.20. The van der Waals surface area contributed by atoms with Crippen LogP contribution in [0.3, 0.4) is 0 Å². The van der Waals surface area contributed by atoms with Gasteiger partial charge in [-0.2, -0.15) is 0 Å². The van der Waals surface area contributed by atoms with Crippen LogP contribution in [-0.2, 0) is 9.59 Å². The SMILES string of the molecule is COc1ccc(C2CC(=O)N(C)C2=O)c(C)c1. The van der Waals surface area contributed by atoms with Crippen LogP contribution in [0.1, 0.15) is 23.5 Å². The maximum Gasteiger partial charge on any atom is 0.236 e. The number of methoxy groups -OCH3 is 1. The third kappa shape index (κ3) is 1.90. The molecule has 0 aliphatic carbocycles. The Morgan fingerprint density at radius 2 is 2.06 bits per heavy atom. The molecule has 1 heterocycles. The molecule has 0 N–H and O–H groups in total. The molecule has 0 bridgehead atoms. The van der Waals surface area contributed by atoms with Gasteiger partial charge >= 0.3 is 0 Å². The van der Waals surface area contributed by atoms with Crippen molar-refractivity contribution < 1.29 is 14.3 Å². The van der Waals surface area contributed by atoms with E-state index in [0.717, 1.165) is 16.9 Å². The normalized spacial score (nSPS) is 19.9. The number of rotatable bonds is 2. The molecule has 1 aliphatic heterocycles. The standard InChI is InChI=1S/C13H15NO3/c1-8-6-9(17-3)4-5-10(8)11-7-12(15)14(2)13(11)16/h4-6,11H,7H2,1-3H3. The van der Waals surface area contributed by atoms with Gasteiger partial charge in [-0.1, -0.05) is 6.07 Å². The number of hydrogen-bond acceptors (Lipinski definition) is 3. The number of aryl methyl sites for hydroxylation is 1. The summed E-state index contributed by atoms with van der Waals surface area (Å²) in [5.74, 6) is 0.188. The molecule has 17 heavy (non-hydrogen) atoms. The zero-order valence-electron chi connectivity index (χ0n) is 10.2. The van der Waals surface area contributed by atoms with Crippen LogP contribution in [0.5, 0.6) is 5.75 Å². The first-order valence-corrected chi connectivity index (χ1v) is 5.49. The third-order valence-corrected chi connectivity index (χ3v) is 3.23. The lowest BCUT2D eigenvalue weighted by atomic mass is 9.93. The van der Waals surface area contributed by atoms with Crippen molar-refractivity contribution in [2.75, 3.05) is 14.2 Å². The highest BCUT2D eigenvalue weighted by atomic mass is 16.5. The minimum Gasteiger partial charge on any atom is -0.497 e. The molecule has 0 saturated carbocycles. The predicted molar refractivity (Wildman–Crippen MR) is 62.9 cm³/mol. The molecule has 2 amide bonds. The van der Waals surface area contributed by atoms with Gasteiger partial charge in [0.25, 0.3) is 0 Å². The van der Waals surface area contributed by atoms with E-state index in [2.05, 4.69) is 0 Å². The Morgan fingerprint density at radius 3 is 2.53 bits per heavy atom. The Morgan fingerprint density at radius 1 is 1.35 bits per heavy atom. The second-order valence-electron chi connectivity index (χ2n) is 4.27. The smallest absolute Gasteiger partial charge is 0.236 e. The Balaban J connectivity index is 2.36. The van der Waals surface area contributed by atoms with Gasteiger partial charge < -0.3 is 4.74 Å². The first-order chi connectivity index (χ1) is 8.04. The fraction of sp³-hybridized carbons (Fsp3) is 0.385. The number of hydrogen-bond donors (Lipinski definition) is 0. The quantitative estimate of drug-likeness (QED) is 0.727. The summed E-state index contributed by atoms with van der Waals surface area (Å²) in [6.45, 7) is 1.92. The Bertz CT molecular complexity index is 482. The molecule has 4 heteroatoms. The highest BCUT2D eigenvalue weighted by Crippen LogP contribution is 2.32. The molecule has 1 atom stereocenters. The molecule has 0 radical (unpaired) electrons. The molecule has 1 aromatic rings. The Labute approximate surface area is 100 Å². The van der Waals surface area contributed by atoms with Crippen molar-refractivity contribution in [2.45, 2.75) is 19.3 Å². The van der Waals surface area contributed by atoms with E-state index < -0.39 is 0 Å². The molecule has 2 rings (SSSR count). The van der Waals surface area contributed by atoms with Gasteiger partial charge in [-0.05, 0) is 30.2 Å². The van der Waals surface area contributed by atoms with E-state index in [-0.39, 0.29) is 24.2 Å². The van der Waals surface area contributed by atoms with Crippen molar-refractivity contribution in [3.63, 3.8) is 0 Å². The summed E-state index contributed by atoms with van der Waals surface area (Å²) in [7, 11) is 3.13. The van der Waals surface area contributed by atoms with E-state index in [9.17, 15) is 9.59 Å². The van der Waals surface area contributed by atoms with Crippen molar-refractivity contribution in [3.05, 3.63) is 29.3 Å². The zero-order valence-corrected chi connectivity index (χ0v) is 10.2. The molecule has 0 aromatic heterocycles.